The highest BCUT2D eigenvalue weighted by molar-refractivity contribution is 7.99. The van der Waals surface area contributed by atoms with Gasteiger partial charge in [-0.25, -0.2) is 19.7 Å². The lowest BCUT2D eigenvalue weighted by Crippen LogP contribution is -1.99. The first-order chi connectivity index (χ1) is 9.24. The number of aromatic carboxylic acids is 1. The number of hydrogen-bond donors (Lipinski definition) is 1. The van der Waals surface area contributed by atoms with Gasteiger partial charge in [-0.2, -0.15) is 0 Å². The fourth-order valence-electron chi connectivity index (χ4n) is 2.12. The van der Waals surface area contributed by atoms with Crippen molar-refractivity contribution >= 4 is 17.7 Å². The number of hydrogen-bond acceptors (Lipinski definition) is 5. The second-order valence-corrected chi connectivity index (χ2v) is 5.30. The highest BCUT2D eigenvalue weighted by atomic mass is 32.2. The van der Waals surface area contributed by atoms with Crippen molar-refractivity contribution in [3.05, 3.63) is 41.6 Å². The minimum atomic E-state index is -1.02. The van der Waals surface area contributed by atoms with Crippen LogP contribution in [0.3, 0.4) is 0 Å². The number of aryl methyl sites for hydroxylation is 1. The third kappa shape index (κ3) is 2.44. The number of aromatic nitrogens is 3. The summed E-state index contributed by atoms with van der Waals surface area (Å²) in [6, 6.07) is 3.36. The van der Waals surface area contributed by atoms with Crippen LogP contribution >= 0.6 is 11.8 Å². The summed E-state index contributed by atoms with van der Waals surface area (Å²) in [4.78, 5) is 24.1. The molecule has 1 N–H and O–H groups in total. The van der Waals surface area contributed by atoms with Crippen LogP contribution in [0.1, 0.15) is 28.2 Å². The molecule has 2 aromatic rings. The SMILES string of the molecule is O=C(O)c1cc(Sc2ncnc3c2CCC3)ccn1. The van der Waals surface area contributed by atoms with Gasteiger partial charge in [0.15, 0.2) is 0 Å². The van der Waals surface area contributed by atoms with E-state index in [1.807, 2.05) is 0 Å². The van der Waals surface area contributed by atoms with Crippen molar-refractivity contribution in [2.24, 2.45) is 0 Å². The van der Waals surface area contributed by atoms with Crippen molar-refractivity contribution in [1.29, 1.82) is 0 Å². The summed E-state index contributed by atoms with van der Waals surface area (Å²) in [5.41, 5.74) is 2.36. The lowest BCUT2D eigenvalue weighted by molar-refractivity contribution is 0.0690. The lowest BCUT2D eigenvalue weighted by Gasteiger charge is -2.06. The lowest BCUT2D eigenvalue weighted by atomic mass is 10.3. The monoisotopic (exact) mass is 273 g/mol. The number of rotatable bonds is 3. The van der Waals surface area contributed by atoms with Crippen LogP contribution in [0, 0.1) is 0 Å². The van der Waals surface area contributed by atoms with E-state index in [0.29, 0.717) is 0 Å². The van der Waals surface area contributed by atoms with Crippen LogP contribution in [0.25, 0.3) is 0 Å². The van der Waals surface area contributed by atoms with Gasteiger partial charge < -0.3 is 5.11 Å². The van der Waals surface area contributed by atoms with Gasteiger partial charge in [-0.3, -0.25) is 0 Å². The van der Waals surface area contributed by atoms with Crippen molar-refractivity contribution in [3.8, 4) is 0 Å². The molecular weight excluding hydrogens is 262 g/mol. The maximum Gasteiger partial charge on any atom is 0.354 e. The quantitative estimate of drug-likeness (QED) is 0.864. The van der Waals surface area contributed by atoms with Gasteiger partial charge in [0.05, 0.1) is 0 Å². The molecule has 0 fully saturated rings. The Bertz CT molecular complexity index is 646. The second-order valence-electron chi connectivity index (χ2n) is 4.24. The molecule has 2 heterocycles. The van der Waals surface area contributed by atoms with Crippen LogP contribution in [0.15, 0.2) is 34.6 Å². The molecule has 0 aliphatic heterocycles. The predicted octanol–water partition coefficient (Wildman–Crippen LogP) is 2.21. The molecule has 1 aliphatic carbocycles. The first-order valence-electron chi connectivity index (χ1n) is 5.94. The zero-order valence-electron chi connectivity index (χ0n) is 10.0. The Kier molecular flexibility index (Phi) is 3.16. The fourth-order valence-corrected chi connectivity index (χ4v) is 3.09. The summed E-state index contributed by atoms with van der Waals surface area (Å²) in [7, 11) is 0. The van der Waals surface area contributed by atoms with Gasteiger partial charge in [-0.15, -0.1) is 0 Å². The van der Waals surface area contributed by atoms with Crippen LogP contribution < -0.4 is 0 Å². The zero-order valence-corrected chi connectivity index (χ0v) is 10.9. The second kappa shape index (κ2) is 4.97. The maximum absolute atomic E-state index is 10.9. The molecule has 6 heteroatoms. The Morgan fingerprint density at radius 3 is 3.00 bits per heavy atom. The molecule has 0 spiro atoms. The van der Waals surface area contributed by atoms with E-state index >= 15 is 0 Å². The third-order valence-corrected chi connectivity index (χ3v) is 4.04. The molecule has 0 aromatic carbocycles. The van der Waals surface area contributed by atoms with Gasteiger partial charge in [0.2, 0.25) is 0 Å². The molecule has 0 amide bonds. The molecule has 0 radical (unpaired) electrons. The topological polar surface area (TPSA) is 76.0 Å². The Hall–Kier alpha value is -1.95. The Morgan fingerprint density at radius 2 is 2.16 bits per heavy atom. The fraction of sp³-hybridized carbons (Fsp3) is 0.231. The molecule has 3 rings (SSSR count). The van der Waals surface area contributed by atoms with Gasteiger partial charge in [0.1, 0.15) is 17.0 Å². The number of carboxylic acid groups (broad SMARTS) is 1. The number of carboxylic acids is 1. The summed E-state index contributed by atoms with van der Waals surface area (Å²) >= 11 is 1.47. The van der Waals surface area contributed by atoms with E-state index in [9.17, 15) is 4.79 Å². The smallest absolute Gasteiger partial charge is 0.354 e. The van der Waals surface area contributed by atoms with E-state index in [0.717, 1.165) is 34.9 Å². The normalized spacial score (nSPS) is 13.3. The van der Waals surface area contributed by atoms with Crippen molar-refractivity contribution in [3.63, 3.8) is 0 Å². The average molecular weight is 273 g/mol. The molecule has 0 saturated heterocycles. The maximum atomic E-state index is 10.9. The van der Waals surface area contributed by atoms with E-state index in [4.69, 9.17) is 5.11 Å². The Labute approximate surface area is 114 Å². The van der Waals surface area contributed by atoms with Crippen LogP contribution in [-0.4, -0.2) is 26.0 Å². The highest BCUT2D eigenvalue weighted by Gasteiger charge is 2.18. The van der Waals surface area contributed by atoms with Gasteiger partial charge in [-0.05, 0) is 31.4 Å². The Balaban J connectivity index is 1.92. The van der Waals surface area contributed by atoms with E-state index in [2.05, 4.69) is 15.0 Å². The molecule has 19 heavy (non-hydrogen) atoms. The third-order valence-electron chi connectivity index (χ3n) is 3.00. The van der Waals surface area contributed by atoms with E-state index in [1.54, 1.807) is 18.5 Å². The summed E-state index contributed by atoms with van der Waals surface area (Å²) in [6.07, 6.45) is 6.19. The van der Waals surface area contributed by atoms with Crippen molar-refractivity contribution < 1.29 is 9.90 Å². The summed E-state index contributed by atoms with van der Waals surface area (Å²) in [5.74, 6) is -1.02. The molecule has 0 saturated carbocycles. The minimum absolute atomic E-state index is 0.0516. The van der Waals surface area contributed by atoms with Crippen molar-refractivity contribution in [2.45, 2.75) is 29.2 Å². The van der Waals surface area contributed by atoms with E-state index in [1.165, 1.54) is 23.5 Å². The predicted molar refractivity (Wildman–Crippen MR) is 69.4 cm³/mol. The van der Waals surface area contributed by atoms with Gasteiger partial charge in [0.25, 0.3) is 0 Å². The zero-order chi connectivity index (χ0) is 13.2. The van der Waals surface area contributed by atoms with E-state index < -0.39 is 5.97 Å². The largest absolute Gasteiger partial charge is 0.477 e. The molecule has 0 bridgehead atoms. The first-order valence-corrected chi connectivity index (χ1v) is 6.75. The first kappa shape index (κ1) is 12.1. The molecule has 1 aliphatic rings. The Morgan fingerprint density at radius 1 is 1.26 bits per heavy atom. The molecule has 96 valence electrons. The van der Waals surface area contributed by atoms with E-state index in [-0.39, 0.29) is 5.69 Å². The standard InChI is InChI=1S/C13H11N3O2S/c17-13(18)11-6-8(4-5-14-11)19-12-9-2-1-3-10(9)15-7-16-12/h4-7H,1-3H2,(H,17,18). The molecule has 0 atom stereocenters. The number of pyridine rings is 1. The summed E-state index contributed by atoms with van der Waals surface area (Å²) < 4.78 is 0. The number of carbonyl (C=O) groups is 1. The highest BCUT2D eigenvalue weighted by Crippen LogP contribution is 2.33. The summed E-state index contributed by atoms with van der Waals surface area (Å²) in [6.45, 7) is 0. The molecule has 2 aromatic heterocycles. The average Bonchev–Trinajstić information content (AvgIpc) is 2.88. The molecule has 5 nitrogen and oxygen atoms in total. The van der Waals surface area contributed by atoms with Gasteiger partial charge in [-0.1, -0.05) is 11.8 Å². The van der Waals surface area contributed by atoms with Crippen LogP contribution in [0.4, 0.5) is 0 Å². The minimum Gasteiger partial charge on any atom is -0.477 e. The molecular formula is C13H11N3O2S. The van der Waals surface area contributed by atoms with Crippen LogP contribution in [-0.2, 0) is 12.8 Å². The van der Waals surface area contributed by atoms with Crippen molar-refractivity contribution in [1.82, 2.24) is 15.0 Å². The molecule has 0 unspecified atom stereocenters. The summed E-state index contributed by atoms with van der Waals surface area (Å²) in [5, 5.41) is 9.85. The van der Waals surface area contributed by atoms with Gasteiger partial charge in [0, 0.05) is 22.3 Å². The van der Waals surface area contributed by atoms with Gasteiger partial charge >= 0.3 is 5.97 Å². The van der Waals surface area contributed by atoms with Crippen LogP contribution in [0.5, 0.6) is 0 Å². The number of fused-ring (bicyclic) bond motifs is 1. The van der Waals surface area contributed by atoms with Crippen molar-refractivity contribution in [2.75, 3.05) is 0 Å². The number of nitrogens with zero attached hydrogens (tertiary/aromatic N) is 3. The van der Waals surface area contributed by atoms with Crippen LogP contribution in [0.2, 0.25) is 0 Å².